The van der Waals surface area contributed by atoms with Crippen LogP contribution in [-0.2, 0) is 15.7 Å². The number of halogens is 1. The molecule has 0 bridgehead atoms. The fraction of sp³-hybridized carbons (Fsp3) is 0.250. The summed E-state index contributed by atoms with van der Waals surface area (Å²) in [6, 6.07) is 23.6. The van der Waals surface area contributed by atoms with Gasteiger partial charge in [-0.25, -0.2) is 0 Å². The molecule has 1 heterocycles. The number of nitro groups is 1. The van der Waals surface area contributed by atoms with Crippen LogP contribution in [0.5, 0.6) is 5.75 Å². The van der Waals surface area contributed by atoms with Crippen molar-refractivity contribution >= 4 is 42.6 Å². The third-order valence-electron chi connectivity index (χ3n) is 9.45. The van der Waals surface area contributed by atoms with Crippen LogP contribution in [0.1, 0.15) is 50.9 Å². The van der Waals surface area contributed by atoms with Gasteiger partial charge in [0.05, 0.1) is 4.92 Å². The third-order valence-corrected chi connectivity index (χ3v) is 11.7. The summed E-state index contributed by atoms with van der Waals surface area (Å²) in [5.41, 5.74) is 15.4. The van der Waals surface area contributed by atoms with E-state index >= 15 is 0 Å². The summed E-state index contributed by atoms with van der Waals surface area (Å²) in [7, 11) is 7.67. The number of aryl methyl sites for hydroxylation is 6. The Bertz CT molecular complexity index is 2030. The summed E-state index contributed by atoms with van der Waals surface area (Å²) in [4.78, 5) is 18.3. The number of allylic oxidation sites excluding steroid dienone is 6. The fourth-order valence-electron chi connectivity index (χ4n) is 7.43. The molecule has 0 spiro atoms. The molecule has 3 aliphatic rings. The molecule has 0 amide bonds. The van der Waals surface area contributed by atoms with Gasteiger partial charge in [-0.05, 0) is 69.9 Å². The Morgan fingerprint density at radius 2 is 1.43 bits per heavy atom. The average Bonchev–Trinajstić information content (AvgIpc) is 3.74. The number of anilines is 2. The van der Waals surface area contributed by atoms with Crippen molar-refractivity contribution in [1.29, 1.82) is 0 Å². The van der Waals surface area contributed by atoms with Crippen molar-refractivity contribution in [3.8, 4) is 5.75 Å². The van der Waals surface area contributed by atoms with Crippen LogP contribution in [0.2, 0.25) is 0 Å². The molecule has 7 nitrogen and oxygen atoms in total. The number of rotatable bonds is 5. The number of phenols is 1. The van der Waals surface area contributed by atoms with Crippen molar-refractivity contribution in [1.82, 2.24) is 0 Å². The Labute approximate surface area is 325 Å². The number of non-ortho nitro benzene ring substituents is 1. The Hall–Kier alpha value is -4.65. The van der Waals surface area contributed by atoms with Gasteiger partial charge < -0.3 is 14.9 Å². The van der Waals surface area contributed by atoms with Gasteiger partial charge in [0, 0.05) is 55.4 Å². The number of phenolic OH excluding ortho intramolecular Hbond substituents is 1. The molecular formula is C44H47ClN4O3Ru-. The van der Waals surface area contributed by atoms with Gasteiger partial charge in [0.15, 0.2) is 0 Å². The quantitative estimate of drug-likeness (QED) is 0.0713. The van der Waals surface area contributed by atoms with Gasteiger partial charge in [0.2, 0.25) is 0 Å². The Morgan fingerprint density at radius 1 is 0.868 bits per heavy atom. The molecule has 1 unspecified atom stereocenters. The topological polar surface area (TPSA) is 82.2 Å². The number of fused-ring (bicyclic) bond motifs is 1. The summed E-state index contributed by atoms with van der Waals surface area (Å²) < 4.78 is 1.51. The predicted octanol–water partition coefficient (Wildman–Crippen LogP) is 10.3. The van der Waals surface area contributed by atoms with Crippen LogP contribution in [0, 0.1) is 64.2 Å². The molecule has 4 aromatic rings. The third kappa shape index (κ3) is 9.48. The first kappa shape index (κ1) is 39.6. The van der Waals surface area contributed by atoms with E-state index in [1.54, 1.807) is 0 Å². The molecule has 0 saturated carbocycles. The van der Waals surface area contributed by atoms with Crippen LogP contribution in [0.25, 0.3) is 5.57 Å². The molecule has 4 aromatic carbocycles. The standard InChI is InChI=1S/C21H27N2.C15H12.C8H8N2O3.ClH.Ru/c1-14-9-16(3)20(17(4)10-14)22-7-8-23(13-22)21-18(5)11-15(2)12-19(21)6;1-2-6-12(7-3-1)15-11-10-13-8-4-5-9-14(13)15;1-9-5-6-4-7(10(12)13)2-3-8(6)11;;/h9-13H,7-8H2,1-6H3;1-9,13H,11H2;2-5,11H,1H3;1H;/q-1;;;;+1/p-1. The van der Waals surface area contributed by atoms with Crippen LogP contribution in [-0.4, -0.2) is 40.5 Å². The van der Waals surface area contributed by atoms with E-state index < -0.39 is 4.92 Å². The Balaban J connectivity index is 0.000000160. The van der Waals surface area contributed by atoms with Gasteiger partial charge >= 0.3 is 113 Å². The maximum absolute atomic E-state index is 10.3. The zero-order chi connectivity index (χ0) is 38.2. The maximum atomic E-state index is 10.3. The first-order chi connectivity index (χ1) is 25.4. The summed E-state index contributed by atoms with van der Waals surface area (Å²) in [6.07, 6.45) is 11.2. The van der Waals surface area contributed by atoms with Gasteiger partial charge in [-0.15, -0.1) is 0 Å². The normalized spacial score (nSPS) is 17.0. The van der Waals surface area contributed by atoms with Crippen molar-refractivity contribution in [3.63, 3.8) is 0 Å². The first-order valence-corrected chi connectivity index (χ1v) is 20.7. The molecule has 0 aromatic heterocycles. The molecule has 0 radical (unpaired) electrons. The van der Waals surface area contributed by atoms with Gasteiger partial charge in [0.25, 0.3) is 5.69 Å². The second kappa shape index (κ2) is 17.9. The molecule has 1 saturated heterocycles. The zero-order valence-electron chi connectivity index (χ0n) is 31.4. The Kier molecular flexibility index (Phi) is 13.4. The van der Waals surface area contributed by atoms with E-state index in [0.29, 0.717) is 11.5 Å². The van der Waals surface area contributed by atoms with Crippen molar-refractivity contribution in [3.05, 3.63) is 164 Å². The summed E-state index contributed by atoms with van der Waals surface area (Å²) >= 11 is -0.126. The van der Waals surface area contributed by atoms with Crippen molar-refractivity contribution in [2.45, 2.75) is 48.0 Å². The molecule has 277 valence electrons. The predicted molar refractivity (Wildman–Crippen MR) is 219 cm³/mol. The van der Waals surface area contributed by atoms with Gasteiger partial charge in [-0.3, -0.25) is 15.1 Å². The molecule has 53 heavy (non-hydrogen) atoms. The minimum atomic E-state index is -0.521. The number of nitrogens with zero attached hydrogens (tertiary/aromatic N) is 4. The van der Waals surface area contributed by atoms with E-state index in [2.05, 4.69) is 142 Å². The second-order valence-electron chi connectivity index (χ2n) is 13.6. The van der Waals surface area contributed by atoms with Gasteiger partial charge in [0.1, 0.15) is 5.75 Å². The van der Waals surface area contributed by atoms with Crippen molar-refractivity contribution < 1.29 is 25.7 Å². The van der Waals surface area contributed by atoms with E-state index in [9.17, 15) is 15.2 Å². The van der Waals surface area contributed by atoms with Gasteiger partial charge in [-0.1, -0.05) is 35.4 Å². The number of nitro benzene ring substituents is 1. The first-order valence-electron chi connectivity index (χ1n) is 17.6. The van der Waals surface area contributed by atoms with E-state index in [0.717, 1.165) is 19.5 Å². The molecule has 2 aliphatic carbocycles. The molecule has 1 aliphatic heterocycles. The summed E-state index contributed by atoms with van der Waals surface area (Å²) in [5.74, 6) is 0.460. The van der Waals surface area contributed by atoms with Crippen LogP contribution in [0.4, 0.5) is 17.1 Å². The molecule has 1 atom stereocenters. The molecule has 1 N–H and O–H groups in total. The van der Waals surface area contributed by atoms with E-state index in [4.69, 9.17) is 9.69 Å². The molecule has 9 heteroatoms. The van der Waals surface area contributed by atoms with E-state index in [1.807, 2.05) is 0 Å². The van der Waals surface area contributed by atoms with Crippen LogP contribution < -0.4 is 9.80 Å². The van der Waals surface area contributed by atoms with Crippen LogP contribution in [0.3, 0.4) is 0 Å². The van der Waals surface area contributed by atoms with Crippen molar-refractivity contribution in [2.24, 2.45) is 10.9 Å². The average molecular weight is 816 g/mol. The molecule has 1 fully saturated rings. The van der Waals surface area contributed by atoms with Crippen molar-refractivity contribution in [2.75, 3.05) is 29.9 Å². The number of aromatic hydroxyl groups is 1. The fourth-order valence-corrected chi connectivity index (χ4v) is 9.27. The number of benzene rings is 4. The number of aliphatic imine (C=N–C) groups is 1. The second-order valence-corrected chi connectivity index (χ2v) is 15.8. The molecular weight excluding hydrogens is 769 g/mol. The Morgan fingerprint density at radius 3 is 1.94 bits per heavy atom. The molecule has 7 rings (SSSR count). The number of hydrogen-bond acceptors (Lipinski definition) is 6. The van der Waals surface area contributed by atoms with Gasteiger partial charge in [-0.2, -0.15) is 6.67 Å². The van der Waals surface area contributed by atoms with E-state index in [1.165, 1.54) is 97.0 Å². The van der Waals surface area contributed by atoms with Crippen LogP contribution in [0.15, 0.2) is 108 Å². The van der Waals surface area contributed by atoms with Crippen LogP contribution >= 0.6 is 9.69 Å². The summed E-state index contributed by atoms with van der Waals surface area (Å²) in [6.45, 7) is 17.6. The monoisotopic (exact) mass is 816 g/mol. The van der Waals surface area contributed by atoms with E-state index in [-0.39, 0.29) is 27.1 Å². The SMILES string of the molecule is CN=Cc1cc([N+](=O)[O-])ccc1O.Cc1cc(C)c(N2[CH-]N(c3c(C)cc(C)cc3C)CC2)c(C)c1.[Cl][Ru]=[C]1CC(c2ccccc2)=C2C=CC=CC12. The minimum absolute atomic E-state index is 0.0174. The zero-order valence-corrected chi connectivity index (χ0v) is 33.9. The number of hydrogen-bond donors (Lipinski definition) is 1. The summed E-state index contributed by atoms with van der Waals surface area (Å²) in [5, 5.41) is 19.6.